The van der Waals surface area contributed by atoms with E-state index in [2.05, 4.69) is 19.8 Å². The van der Waals surface area contributed by atoms with Crippen molar-refractivity contribution in [1.29, 1.82) is 0 Å². The summed E-state index contributed by atoms with van der Waals surface area (Å²) in [6.07, 6.45) is 2.30. The first-order valence-electron chi connectivity index (χ1n) is 10.6. The van der Waals surface area contributed by atoms with Crippen LogP contribution in [-0.4, -0.2) is 77.1 Å². The van der Waals surface area contributed by atoms with Crippen molar-refractivity contribution in [2.24, 2.45) is 10.9 Å². The van der Waals surface area contributed by atoms with E-state index in [1.54, 1.807) is 0 Å². The first kappa shape index (κ1) is 26.5. The number of carbonyl (C=O) groups excluding carboxylic acids is 4. The third-order valence-electron chi connectivity index (χ3n) is 5.58. The lowest BCUT2D eigenvalue weighted by Gasteiger charge is -2.50. The van der Waals surface area contributed by atoms with Crippen LogP contribution in [0.4, 0.5) is 5.13 Å². The molecule has 1 fully saturated rings. The summed E-state index contributed by atoms with van der Waals surface area (Å²) < 4.78 is 5.24. The first-order valence-corrected chi connectivity index (χ1v) is 12.4. The summed E-state index contributed by atoms with van der Waals surface area (Å²) in [6, 6.07) is 0.185. The molecule has 0 unspecified atom stereocenters. The number of amides is 3. The van der Waals surface area contributed by atoms with Crippen molar-refractivity contribution in [1.82, 2.24) is 19.6 Å². The van der Waals surface area contributed by atoms with E-state index in [4.69, 9.17) is 16.6 Å². The fraction of sp³-hybridized carbons (Fsp3) is 0.250. The van der Waals surface area contributed by atoms with E-state index >= 15 is 0 Å². The van der Waals surface area contributed by atoms with Crippen molar-refractivity contribution in [2.75, 3.05) is 11.5 Å². The number of oxime groups is 1. The lowest BCUT2D eigenvalue weighted by molar-refractivity contribution is -0.689. The molecule has 38 heavy (non-hydrogen) atoms. The van der Waals surface area contributed by atoms with Gasteiger partial charge in [0.15, 0.2) is 24.1 Å². The van der Waals surface area contributed by atoms with Crippen molar-refractivity contribution in [3.05, 3.63) is 46.7 Å². The number of hydrogen-bond acceptors (Lipinski definition) is 13. The second-order valence-corrected chi connectivity index (χ2v) is 9.88. The van der Waals surface area contributed by atoms with Crippen LogP contribution in [0.2, 0.25) is 0 Å². The number of rotatable bonds is 9. The van der Waals surface area contributed by atoms with E-state index in [0.29, 0.717) is 0 Å². The number of primary amides is 1. The fourth-order valence-electron chi connectivity index (χ4n) is 3.98. The molecule has 3 amide bonds. The van der Waals surface area contributed by atoms with Gasteiger partial charge in [-0.1, -0.05) is 5.16 Å². The quantitative estimate of drug-likeness (QED) is 0.0653. The molecule has 198 valence electrons. The zero-order valence-electron chi connectivity index (χ0n) is 19.1. The van der Waals surface area contributed by atoms with E-state index < -0.39 is 53.2 Å². The zero-order chi connectivity index (χ0) is 27.7. The summed E-state index contributed by atoms with van der Waals surface area (Å²) in [5.41, 5.74) is 10.2. The molecule has 0 bridgehead atoms. The molecular weight excluding hydrogens is 544 g/mol. The van der Waals surface area contributed by atoms with Crippen LogP contribution in [0, 0.1) is 0 Å². The SMILES string of the molecule is NC(=O)c1cc[n+](CC2=C(C(=O)[O-])N3C(=O)[C@@H](NC(=O)/C(=N\O)c4nsc(N)n4)[C@@H]3SC2)cc1CC(=O)O. The molecule has 0 radical (unpaired) electrons. The van der Waals surface area contributed by atoms with E-state index in [0.717, 1.165) is 16.4 Å². The predicted octanol–water partition coefficient (Wildman–Crippen LogP) is -3.58. The number of anilines is 1. The van der Waals surface area contributed by atoms with Crippen LogP contribution in [-0.2, 0) is 32.1 Å². The number of pyridine rings is 1. The Morgan fingerprint density at radius 2 is 2.08 bits per heavy atom. The summed E-state index contributed by atoms with van der Waals surface area (Å²) in [5.74, 6) is -5.47. The number of aromatic nitrogens is 3. The first-order chi connectivity index (χ1) is 18.0. The number of nitrogens with two attached hydrogens (primary N) is 2. The Kier molecular flexibility index (Phi) is 7.26. The number of thioether (sulfide) groups is 1. The second kappa shape index (κ2) is 10.4. The number of carbonyl (C=O) groups is 5. The van der Waals surface area contributed by atoms with Crippen LogP contribution in [0.1, 0.15) is 21.7 Å². The summed E-state index contributed by atoms with van der Waals surface area (Å²) in [4.78, 5) is 65.1. The van der Waals surface area contributed by atoms with Gasteiger partial charge in [0, 0.05) is 34.5 Å². The minimum absolute atomic E-state index is 0.00803. The molecule has 4 heterocycles. The molecule has 2 aliphatic rings. The number of nitrogen functional groups attached to an aromatic ring is 1. The molecule has 18 heteroatoms. The van der Waals surface area contributed by atoms with Gasteiger partial charge in [0.05, 0.1) is 23.7 Å². The Balaban J connectivity index is 1.55. The van der Waals surface area contributed by atoms with Crippen LogP contribution in [0.25, 0.3) is 0 Å². The Morgan fingerprint density at radius 1 is 1.34 bits per heavy atom. The predicted molar refractivity (Wildman–Crippen MR) is 126 cm³/mol. The van der Waals surface area contributed by atoms with Crippen molar-refractivity contribution >= 4 is 63.8 Å². The number of nitrogens with one attached hydrogen (secondary N) is 1. The summed E-state index contributed by atoms with van der Waals surface area (Å²) in [6.45, 7) is -0.0618. The average molecular weight is 563 g/mol. The third kappa shape index (κ3) is 4.98. The Morgan fingerprint density at radius 3 is 2.66 bits per heavy atom. The summed E-state index contributed by atoms with van der Waals surface area (Å²) in [5, 5.41) is 34.9. The average Bonchev–Trinajstić information content (AvgIpc) is 3.27. The number of β-lactam (4-membered cyclic amide) rings is 1. The molecule has 0 aliphatic carbocycles. The van der Waals surface area contributed by atoms with Gasteiger partial charge >= 0.3 is 5.97 Å². The molecule has 2 aromatic rings. The smallest absolute Gasteiger partial charge is 0.308 e. The number of carboxylic acid groups (broad SMARTS) is 2. The number of hydrogen-bond donors (Lipinski definition) is 5. The molecule has 2 aromatic heterocycles. The molecule has 2 aliphatic heterocycles. The number of carboxylic acids is 2. The van der Waals surface area contributed by atoms with Gasteiger partial charge in [0.1, 0.15) is 11.4 Å². The number of fused-ring (bicyclic) bond motifs is 1. The van der Waals surface area contributed by atoms with Crippen LogP contribution < -0.4 is 26.5 Å². The molecule has 1 saturated heterocycles. The minimum Gasteiger partial charge on any atom is -0.543 e. The molecule has 0 saturated carbocycles. The minimum atomic E-state index is -1.62. The standard InChI is InChI=1S/C20H18N8O8S2/c21-14(31)9-1-2-27(4-7(9)3-10(29)30)5-8-6-37-18-12(17(33)28(18)13(8)19(34)35)23-16(32)11(25-36)15-24-20(22)38-26-15/h1-2,4,12,18H,3,5-6H2,(H7-,21,22,23,24,26,29,30,31,32,34,35,36)/t12-,18+/m1/s1. The number of nitrogens with zero attached hydrogens (tertiary/aromatic N) is 5. The monoisotopic (exact) mass is 562 g/mol. The molecule has 7 N–H and O–H groups in total. The lowest BCUT2D eigenvalue weighted by Crippen LogP contribution is -2.71. The van der Waals surface area contributed by atoms with Crippen LogP contribution in [0.3, 0.4) is 0 Å². The zero-order valence-corrected chi connectivity index (χ0v) is 20.7. The van der Waals surface area contributed by atoms with Gasteiger partial charge in [-0.25, -0.2) is 4.57 Å². The molecule has 4 rings (SSSR count). The van der Waals surface area contributed by atoms with Crippen molar-refractivity contribution in [2.45, 2.75) is 24.4 Å². The van der Waals surface area contributed by atoms with Gasteiger partial charge in [-0.3, -0.25) is 24.1 Å². The highest BCUT2D eigenvalue weighted by Crippen LogP contribution is 2.40. The topological polar surface area (TPSA) is 258 Å². The third-order valence-corrected chi connectivity index (χ3v) is 7.46. The Bertz CT molecular complexity index is 1440. The maximum atomic E-state index is 12.9. The second-order valence-electron chi connectivity index (χ2n) is 8.00. The van der Waals surface area contributed by atoms with Crippen LogP contribution in [0.5, 0.6) is 0 Å². The summed E-state index contributed by atoms with van der Waals surface area (Å²) in [7, 11) is 0. The van der Waals surface area contributed by atoms with E-state index in [-0.39, 0.29) is 45.7 Å². The fourth-order valence-corrected chi connectivity index (χ4v) is 5.75. The number of aliphatic carboxylic acids is 2. The van der Waals surface area contributed by atoms with Gasteiger partial charge < -0.3 is 37.0 Å². The molecule has 16 nitrogen and oxygen atoms in total. The maximum Gasteiger partial charge on any atom is 0.308 e. The molecular formula is C20H18N8O8S2. The van der Waals surface area contributed by atoms with E-state index in [1.807, 2.05) is 0 Å². The van der Waals surface area contributed by atoms with Gasteiger partial charge in [0.2, 0.25) is 17.4 Å². The van der Waals surface area contributed by atoms with Crippen molar-refractivity contribution in [3.8, 4) is 0 Å². The van der Waals surface area contributed by atoms with Gasteiger partial charge in [-0.15, -0.1) is 11.8 Å². The lowest BCUT2D eigenvalue weighted by atomic mass is 10.0. The van der Waals surface area contributed by atoms with Crippen LogP contribution in [0.15, 0.2) is 34.9 Å². The largest absolute Gasteiger partial charge is 0.543 e. The van der Waals surface area contributed by atoms with Gasteiger partial charge in [-0.2, -0.15) is 9.36 Å². The van der Waals surface area contributed by atoms with Gasteiger partial charge in [-0.05, 0) is 0 Å². The van der Waals surface area contributed by atoms with Crippen molar-refractivity contribution < 1.29 is 44.0 Å². The summed E-state index contributed by atoms with van der Waals surface area (Å²) >= 11 is 1.93. The maximum absolute atomic E-state index is 12.9. The van der Waals surface area contributed by atoms with E-state index in [1.165, 1.54) is 34.8 Å². The highest BCUT2D eigenvalue weighted by atomic mass is 32.2. The van der Waals surface area contributed by atoms with E-state index in [9.17, 15) is 34.3 Å². The van der Waals surface area contributed by atoms with Crippen molar-refractivity contribution in [3.63, 3.8) is 0 Å². The highest BCUT2D eigenvalue weighted by Gasteiger charge is 2.53. The molecule has 2 atom stereocenters. The molecule has 0 aromatic carbocycles. The van der Waals surface area contributed by atoms with Gasteiger partial charge in [0.25, 0.3) is 11.8 Å². The highest BCUT2D eigenvalue weighted by molar-refractivity contribution is 8.00. The Hall–Kier alpha value is -4.58. The molecule has 0 spiro atoms. The van der Waals surface area contributed by atoms with Crippen LogP contribution >= 0.6 is 23.3 Å². The normalized spacial score (nSPS) is 19.0. The Labute approximate surface area is 220 Å².